The molecule has 2 aromatic carbocycles. The molecule has 6 nitrogen and oxygen atoms in total. The van der Waals surface area contributed by atoms with Gasteiger partial charge in [0.2, 0.25) is 17.7 Å². The van der Waals surface area contributed by atoms with Gasteiger partial charge in [0.1, 0.15) is 0 Å². The molecule has 1 spiro atoms. The summed E-state index contributed by atoms with van der Waals surface area (Å²) in [7, 11) is 0. The number of ether oxygens (including phenoxy) is 1. The lowest BCUT2D eigenvalue weighted by atomic mass is 9.77. The van der Waals surface area contributed by atoms with Gasteiger partial charge in [0.15, 0.2) is 0 Å². The van der Waals surface area contributed by atoms with E-state index >= 15 is 0 Å². The normalized spacial score (nSPS) is 22.6. The average molecular weight is 453 g/mol. The van der Waals surface area contributed by atoms with Crippen LogP contribution >= 0.6 is 11.6 Å². The van der Waals surface area contributed by atoms with Gasteiger partial charge >= 0.3 is 0 Å². The highest BCUT2D eigenvalue weighted by Crippen LogP contribution is 2.42. The van der Waals surface area contributed by atoms with Crippen LogP contribution in [0.2, 0.25) is 5.02 Å². The molecule has 0 aromatic heterocycles. The zero-order chi connectivity index (χ0) is 22.3. The van der Waals surface area contributed by atoms with Crippen molar-refractivity contribution in [2.45, 2.75) is 50.1 Å². The Morgan fingerprint density at radius 3 is 2.50 bits per heavy atom. The van der Waals surface area contributed by atoms with Crippen molar-refractivity contribution in [2.24, 2.45) is 0 Å². The number of carbonyl (C=O) groups excluding carboxylic acids is 3. The van der Waals surface area contributed by atoms with Crippen molar-refractivity contribution >= 4 is 29.3 Å². The molecule has 3 aliphatic rings. The second-order valence-electron chi connectivity index (χ2n) is 8.90. The first kappa shape index (κ1) is 21.2. The molecule has 1 N–H and O–H groups in total. The predicted molar refractivity (Wildman–Crippen MR) is 120 cm³/mol. The molecule has 0 bridgehead atoms. The number of likely N-dealkylation sites (tertiary alicyclic amines) is 1. The Labute approximate surface area is 191 Å². The minimum absolute atomic E-state index is 0.0341. The van der Waals surface area contributed by atoms with E-state index in [4.69, 9.17) is 16.3 Å². The first-order valence-electron chi connectivity index (χ1n) is 11.1. The summed E-state index contributed by atoms with van der Waals surface area (Å²) in [5, 5.41) is 2.94. The van der Waals surface area contributed by atoms with Crippen LogP contribution < -0.4 is 5.32 Å². The quantitative estimate of drug-likeness (QED) is 0.565. The number of carbonyl (C=O) groups is 3. The lowest BCUT2D eigenvalue weighted by molar-refractivity contribution is -0.167. The zero-order valence-electron chi connectivity index (χ0n) is 17.7. The molecule has 3 amide bonds. The van der Waals surface area contributed by atoms with E-state index in [9.17, 15) is 14.4 Å². The molecule has 3 heterocycles. The fourth-order valence-corrected chi connectivity index (χ4v) is 5.47. The monoisotopic (exact) mass is 452 g/mol. The summed E-state index contributed by atoms with van der Waals surface area (Å²) in [6.07, 6.45) is 3.20. The lowest BCUT2D eigenvalue weighted by Gasteiger charge is -2.54. The number of rotatable bonds is 4. The van der Waals surface area contributed by atoms with E-state index in [-0.39, 0.29) is 23.3 Å². The minimum Gasteiger partial charge on any atom is -0.381 e. The Morgan fingerprint density at radius 1 is 1.06 bits per heavy atom. The topological polar surface area (TPSA) is 75.7 Å². The van der Waals surface area contributed by atoms with E-state index in [0.29, 0.717) is 44.0 Å². The second-order valence-corrected chi connectivity index (χ2v) is 9.28. The summed E-state index contributed by atoms with van der Waals surface area (Å²) in [5.41, 5.74) is 3.58. The standard InChI is InChI=1S/C25H25ClN2O4/c26-23-18(2-1-3-19(23)20-8-9-21(29)27-24(20)31)17-6-4-16(5-7-17)15-28-22(30)14-25(28)10-12-32-13-11-25/h1-7,20H,8-15H2,(H,27,29,31). The summed E-state index contributed by atoms with van der Waals surface area (Å²) < 4.78 is 5.48. The Bertz CT molecular complexity index is 1080. The third-order valence-electron chi connectivity index (χ3n) is 7.03. The predicted octanol–water partition coefficient (Wildman–Crippen LogP) is 3.81. The van der Waals surface area contributed by atoms with Gasteiger partial charge in [-0.1, -0.05) is 54.1 Å². The highest BCUT2D eigenvalue weighted by Gasteiger charge is 2.51. The van der Waals surface area contributed by atoms with E-state index in [1.807, 2.05) is 47.4 Å². The van der Waals surface area contributed by atoms with Crippen LogP contribution in [0.4, 0.5) is 0 Å². The average Bonchev–Trinajstić information content (AvgIpc) is 2.79. The third-order valence-corrected chi connectivity index (χ3v) is 7.45. The van der Waals surface area contributed by atoms with Crippen LogP contribution in [0.15, 0.2) is 42.5 Å². The first-order valence-corrected chi connectivity index (χ1v) is 11.4. The highest BCUT2D eigenvalue weighted by atomic mass is 35.5. The smallest absolute Gasteiger partial charge is 0.234 e. The number of hydrogen-bond acceptors (Lipinski definition) is 4. The number of nitrogens with zero attached hydrogens (tertiary/aromatic N) is 1. The Balaban J connectivity index is 1.35. The van der Waals surface area contributed by atoms with Crippen LogP contribution in [-0.2, 0) is 25.7 Å². The van der Waals surface area contributed by atoms with Gasteiger partial charge in [-0.05, 0) is 36.0 Å². The van der Waals surface area contributed by atoms with Gasteiger partial charge in [0.05, 0.1) is 22.9 Å². The molecule has 0 aliphatic carbocycles. The molecule has 166 valence electrons. The van der Waals surface area contributed by atoms with Crippen molar-refractivity contribution < 1.29 is 19.1 Å². The molecule has 3 saturated heterocycles. The fraction of sp³-hybridized carbons (Fsp3) is 0.400. The zero-order valence-corrected chi connectivity index (χ0v) is 18.5. The van der Waals surface area contributed by atoms with E-state index in [1.54, 1.807) is 0 Å². The summed E-state index contributed by atoms with van der Waals surface area (Å²) in [6, 6.07) is 13.7. The molecule has 0 saturated carbocycles. The number of β-lactam (4-membered cyclic amide) rings is 1. The molecular weight excluding hydrogens is 428 g/mol. The third kappa shape index (κ3) is 3.71. The molecule has 1 unspecified atom stereocenters. The van der Waals surface area contributed by atoms with E-state index < -0.39 is 5.92 Å². The van der Waals surface area contributed by atoms with E-state index in [0.717, 1.165) is 35.1 Å². The summed E-state index contributed by atoms with van der Waals surface area (Å²) in [6.45, 7) is 2.03. The molecule has 7 heteroatoms. The molecule has 5 rings (SSSR count). The Morgan fingerprint density at radius 2 is 1.81 bits per heavy atom. The minimum atomic E-state index is -0.424. The van der Waals surface area contributed by atoms with Crippen molar-refractivity contribution in [1.29, 1.82) is 0 Å². The van der Waals surface area contributed by atoms with Gasteiger partial charge in [-0.15, -0.1) is 0 Å². The Kier molecular flexibility index (Phi) is 5.51. The Hall–Kier alpha value is -2.70. The number of nitrogens with one attached hydrogen (secondary N) is 1. The maximum absolute atomic E-state index is 12.3. The largest absolute Gasteiger partial charge is 0.381 e. The van der Waals surface area contributed by atoms with Crippen LogP contribution in [0.25, 0.3) is 11.1 Å². The SMILES string of the molecule is O=C1CCC(c2cccc(-c3ccc(CN4C(=O)CC45CCOCC5)cc3)c2Cl)C(=O)N1. The maximum Gasteiger partial charge on any atom is 0.234 e. The molecule has 3 aliphatic heterocycles. The molecular formula is C25H25ClN2O4. The molecule has 32 heavy (non-hydrogen) atoms. The van der Waals surface area contributed by atoms with Crippen LogP contribution in [-0.4, -0.2) is 41.4 Å². The van der Waals surface area contributed by atoms with Crippen molar-refractivity contribution in [1.82, 2.24) is 10.2 Å². The van der Waals surface area contributed by atoms with Crippen molar-refractivity contribution in [2.75, 3.05) is 13.2 Å². The van der Waals surface area contributed by atoms with E-state index in [2.05, 4.69) is 5.32 Å². The number of piperidine rings is 1. The summed E-state index contributed by atoms with van der Waals surface area (Å²) in [4.78, 5) is 38.1. The second kappa shape index (κ2) is 8.34. The number of halogens is 1. The van der Waals surface area contributed by atoms with Gasteiger partial charge in [-0.3, -0.25) is 19.7 Å². The number of hydrogen-bond donors (Lipinski definition) is 1. The maximum atomic E-state index is 12.3. The van der Waals surface area contributed by atoms with Crippen molar-refractivity contribution in [3.05, 3.63) is 58.6 Å². The van der Waals surface area contributed by atoms with E-state index in [1.165, 1.54) is 0 Å². The first-order chi connectivity index (χ1) is 15.5. The number of benzene rings is 2. The van der Waals surface area contributed by atoms with Crippen LogP contribution in [0, 0.1) is 0 Å². The molecule has 0 radical (unpaired) electrons. The molecule has 1 atom stereocenters. The van der Waals surface area contributed by atoms with Crippen LogP contribution in [0.5, 0.6) is 0 Å². The molecule has 3 fully saturated rings. The summed E-state index contributed by atoms with van der Waals surface area (Å²) >= 11 is 6.72. The van der Waals surface area contributed by atoms with Gasteiger partial charge < -0.3 is 9.64 Å². The van der Waals surface area contributed by atoms with Crippen molar-refractivity contribution in [3.8, 4) is 11.1 Å². The van der Waals surface area contributed by atoms with Crippen molar-refractivity contribution in [3.63, 3.8) is 0 Å². The lowest BCUT2D eigenvalue weighted by Crippen LogP contribution is -2.64. The number of amides is 3. The van der Waals surface area contributed by atoms with Crippen LogP contribution in [0.1, 0.15) is 49.1 Å². The fourth-order valence-electron chi connectivity index (χ4n) is 5.10. The van der Waals surface area contributed by atoms with Crippen LogP contribution in [0.3, 0.4) is 0 Å². The highest BCUT2D eigenvalue weighted by molar-refractivity contribution is 6.34. The van der Waals surface area contributed by atoms with Gasteiger partial charge in [-0.2, -0.15) is 0 Å². The number of imide groups is 1. The van der Waals surface area contributed by atoms with Gasteiger partial charge in [0.25, 0.3) is 0 Å². The van der Waals surface area contributed by atoms with Gasteiger partial charge in [0, 0.05) is 31.7 Å². The van der Waals surface area contributed by atoms with Gasteiger partial charge in [-0.25, -0.2) is 0 Å². The summed E-state index contributed by atoms with van der Waals surface area (Å²) in [5.74, 6) is -0.752. The molecule has 2 aromatic rings.